The molecule has 3 unspecified atom stereocenters. The number of carboxylic acids is 1. The number of hydrogen-bond donors (Lipinski definition) is 3. The molecule has 2 heterocycles. The molecule has 2 saturated heterocycles. The lowest BCUT2D eigenvalue weighted by Gasteiger charge is -2.28. The molecule has 2 aromatic rings. The summed E-state index contributed by atoms with van der Waals surface area (Å²) in [6.45, 7) is 0.610. The Bertz CT molecular complexity index is 1060. The average molecular weight is 495 g/mol. The highest BCUT2D eigenvalue weighted by Crippen LogP contribution is 2.46. The molecule has 2 fully saturated rings. The van der Waals surface area contributed by atoms with Gasteiger partial charge in [-0.3, -0.25) is 9.59 Å². The van der Waals surface area contributed by atoms with Crippen LogP contribution in [0.15, 0.2) is 48.5 Å². The third-order valence-corrected chi connectivity index (χ3v) is 8.91. The van der Waals surface area contributed by atoms with Crippen LogP contribution in [0.5, 0.6) is 0 Å². The number of fused-ring (bicyclic) bond motifs is 5. The van der Waals surface area contributed by atoms with Crippen molar-refractivity contribution in [2.24, 2.45) is 5.92 Å². The molecule has 0 saturated carbocycles. The van der Waals surface area contributed by atoms with E-state index >= 15 is 0 Å². The van der Waals surface area contributed by atoms with E-state index in [9.17, 15) is 19.5 Å². The smallest absolute Gasteiger partial charge is 0.407 e. The van der Waals surface area contributed by atoms with E-state index in [-0.39, 0.29) is 12.5 Å². The summed E-state index contributed by atoms with van der Waals surface area (Å²) in [5.74, 6) is -1.35. The van der Waals surface area contributed by atoms with Crippen LogP contribution >= 0.6 is 11.8 Å². The van der Waals surface area contributed by atoms with E-state index in [2.05, 4.69) is 34.5 Å². The van der Waals surface area contributed by atoms with Crippen LogP contribution < -0.4 is 10.6 Å². The number of aliphatic carboxylic acids is 1. The SMILES string of the molecule is O=C(O)CC(NC(=O)OCC1c2ccccc2-c2ccccc21)C(=O)NCC1CC2CCC(C1)S2. The van der Waals surface area contributed by atoms with Gasteiger partial charge in [0.05, 0.1) is 6.42 Å². The molecule has 7 nitrogen and oxygen atoms in total. The minimum absolute atomic E-state index is 0.101. The normalized spacial score (nSPS) is 23.1. The first-order valence-corrected chi connectivity index (χ1v) is 13.2. The molecule has 5 rings (SSSR count). The van der Waals surface area contributed by atoms with Gasteiger partial charge in [0, 0.05) is 23.0 Å². The zero-order valence-corrected chi connectivity index (χ0v) is 20.3. The predicted molar refractivity (Wildman–Crippen MR) is 134 cm³/mol. The zero-order chi connectivity index (χ0) is 24.4. The molecule has 0 radical (unpaired) electrons. The molecule has 2 aromatic carbocycles. The Morgan fingerprint density at radius 1 is 0.971 bits per heavy atom. The Hall–Kier alpha value is -3.00. The fourth-order valence-corrected chi connectivity index (χ4v) is 7.52. The van der Waals surface area contributed by atoms with Gasteiger partial charge in [-0.25, -0.2) is 4.79 Å². The van der Waals surface area contributed by atoms with E-state index in [1.54, 1.807) is 0 Å². The fraction of sp³-hybridized carbons (Fsp3) is 0.444. The first-order chi connectivity index (χ1) is 17.0. The van der Waals surface area contributed by atoms with Gasteiger partial charge in [0.15, 0.2) is 0 Å². The number of rotatable bonds is 8. The number of alkyl carbamates (subject to hydrolysis) is 1. The van der Waals surface area contributed by atoms with E-state index < -0.39 is 30.4 Å². The highest BCUT2D eigenvalue weighted by Gasteiger charge is 2.35. The Morgan fingerprint density at radius 3 is 2.17 bits per heavy atom. The second kappa shape index (κ2) is 10.3. The van der Waals surface area contributed by atoms with Gasteiger partial charge in [-0.1, -0.05) is 48.5 Å². The molecule has 0 spiro atoms. The molecular formula is C27H30N2O5S. The molecule has 2 amide bonds. The number of carbonyl (C=O) groups is 3. The molecule has 2 bridgehead atoms. The van der Waals surface area contributed by atoms with Gasteiger partial charge in [0.2, 0.25) is 5.91 Å². The van der Waals surface area contributed by atoms with Crippen molar-refractivity contribution in [3.63, 3.8) is 0 Å². The predicted octanol–water partition coefficient (Wildman–Crippen LogP) is 4.16. The number of thioether (sulfide) groups is 1. The summed E-state index contributed by atoms with van der Waals surface area (Å²) >= 11 is 2.06. The first kappa shape index (κ1) is 23.7. The van der Waals surface area contributed by atoms with Crippen molar-refractivity contribution in [1.82, 2.24) is 10.6 Å². The highest BCUT2D eigenvalue weighted by atomic mass is 32.2. The number of nitrogens with one attached hydrogen (secondary N) is 2. The quantitative estimate of drug-likeness (QED) is 0.509. The summed E-state index contributed by atoms with van der Waals surface area (Å²) in [7, 11) is 0. The van der Waals surface area contributed by atoms with Gasteiger partial charge in [-0.15, -0.1) is 0 Å². The molecule has 2 aliphatic heterocycles. The van der Waals surface area contributed by atoms with E-state index in [0.717, 1.165) is 35.1 Å². The Balaban J connectivity index is 1.18. The lowest BCUT2D eigenvalue weighted by atomic mass is 9.98. The maximum atomic E-state index is 12.8. The third kappa shape index (κ3) is 5.32. The number of benzene rings is 2. The topological polar surface area (TPSA) is 105 Å². The summed E-state index contributed by atoms with van der Waals surface area (Å²) < 4.78 is 5.51. The van der Waals surface area contributed by atoms with E-state index in [0.29, 0.717) is 23.0 Å². The van der Waals surface area contributed by atoms with Gasteiger partial charge >= 0.3 is 12.1 Å². The van der Waals surface area contributed by atoms with Crippen molar-refractivity contribution in [3.05, 3.63) is 59.7 Å². The number of ether oxygens (including phenoxy) is 1. The lowest BCUT2D eigenvalue weighted by molar-refractivity contribution is -0.139. The fourth-order valence-electron chi connectivity index (χ4n) is 5.67. The van der Waals surface area contributed by atoms with Crippen LogP contribution in [0.2, 0.25) is 0 Å². The van der Waals surface area contributed by atoms with Crippen molar-refractivity contribution < 1.29 is 24.2 Å². The summed E-state index contributed by atoms with van der Waals surface area (Å²) in [5.41, 5.74) is 4.41. The Kier molecular flexibility index (Phi) is 7.00. The van der Waals surface area contributed by atoms with Crippen LogP contribution in [-0.2, 0) is 14.3 Å². The minimum atomic E-state index is -1.18. The zero-order valence-electron chi connectivity index (χ0n) is 19.4. The molecule has 184 valence electrons. The van der Waals surface area contributed by atoms with Gasteiger partial charge in [-0.05, 0) is 53.9 Å². The summed E-state index contributed by atoms with van der Waals surface area (Å²) in [6, 6.07) is 14.9. The van der Waals surface area contributed by atoms with Gasteiger partial charge < -0.3 is 20.5 Å². The van der Waals surface area contributed by atoms with Crippen LogP contribution in [0.25, 0.3) is 11.1 Å². The molecule has 1 aliphatic carbocycles. The van der Waals surface area contributed by atoms with E-state index in [1.807, 2.05) is 36.4 Å². The van der Waals surface area contributed by atoms with Crippen LogP contribution in [0, 0.1) is 5.92 Å². The molecule has 3 N–H and O–H groups in total. The van der Waals surface area contributed by atoms with Crippen molar-refractivity contribution in [3.8, 4) is 11.1 Å². The van der Waals surface area contributed by atoms with Crippen molar-refractivity contribution in [2.45, 2.75) is 54.6 Å². The Labute approximate surface area is 209 Å². The monoisotopic (exact) mass is 494 g/mol. The summed E-state index contributed by atoms with van der Waals surface area (Å²) in [6.07, 6.45) is 3.34. The van der Waals surface area contributed by atoms with Crippen LogP contribution in [-0.4, -0.2) is 52.8 Å². The van der Waals surface area contributed by atoms with Crippen molar-refractivity contribution >= 4 is 29.7 Å². The lowest BCUT2D eigenvalue weighted by Crippen LogP contribution is -2.49. The van der Waals surface area contributed by atoms with Crippen molar-refractivity contribution in [2.75, 3.05) is 13.2 Å². The second-order valence-corrected chi connectivity index (χ2v) is 11.3. The molecule has 3 atom stereocenters. The van der Waals surface area contributed by atoms with Crippen LogP contribution in [0.1, 0.15) is 49.1 Å². The summed E-state index contributed by atoms with van der Waals surface area (Å²) in [4.78, 5) is 36.7. The van der Waals surface area contributed by atoms with Gasteiger partial charge in [-0.2, -0.15) is 11.8 Å². The molecule has 0 aromatic heterocycles. The highest BCUT2D eigenvalue weighted by molar-refractivity contribution is 8.00. The van der Waals surface area contributed by atoms with Crippen molar-refractivity contribution in [1.29, 1.82) is 0 Å². The van der Waals surface area contributed by atoms with Gasteiger partial charge in [0.1, 0.15) is 12.6 Å². The largest absolute Gasteiger partial charge is 0.481 e. The maximum absolute atomic E-state index is 12.8. The second-order valence-electron chi connectivity index (χ2n) is 9.66. The third-order valence-electron chi connectivity index (χ3n) is 7.28. The van der Waals surface area contributed by atoms with E-state index in [1.165, 1.54) is 12.8 Å². The number of carboxylic acid groups (broad SMARTS) is 1. The van der Waals surface area contributed by atoms with Crippen LogP contribution in [0.3, 0.4) is 0 Å². The molecule has 8 heteroatoms. The Morgan fingerprint density at radius 2 is 1.57 bits per heavy atom. The molecule has 35 heavy (non-hydrogen) atoms. The average Bonchev–Trinajstić information content (AvgIpc) is 3.36. The van der Waals surface area contributed by atoms with E-state index in [4.69, 9.17) is 4.74 Å². The van der Waals surface area contributed by atoms with Gasteiger partial charge in [0.25, 0.3) is 0 Å². The first-order valence-electron chi connectivity index (χ1n) is 12.2. The minimum Gasteiger partial charge on any atom is -0.481 e. The summed E-state index contributed by atoms with van der Waals surface area (Å²) in [5, 5.41) is 16.0. The molecule has 3 aliphatic rings. The van der Waals surface area contributed by atoms with Crippen LogP contribution in [0.4, 0.5) is 4.79 Å². The standard InChI is InChI=1S/C27H30N2O5S/c30-25(31)13-24(26(32)28-14-16-11-17-9-10-18(12-16)35-17)29-27(33)34-15-23-21-7-3-1-5-19(21)20-6-2-4-8-22(20)23/h1-8,16-18,23-24H,9-15H2,(H,28,32)(H,29,33)(H,30,31). The molecular weight excluding hydrogens is 464 g/mol. The number of amides is 2. The number of hydrogen-bond acceptors (Lipinski definition) is 5. The number of carbonyl (C=O) groups excluding carboxylic acids is 2. The maximum Gasteiger partial charge on any atom is 0.407 e.